The van der Waals surface area contributed by atoms with Crippen LogP contribution in [0.2, 0.25) is 0 Å². The molecule has 1 aliphatic rings. The summed E-state index contributed by atoms with van der Waals surface area (Å²) in [6.07, 6.45) is 0.359. The number of aromatic hydroxyl groups is 1. The van der Waals surface area contributed by atoms with Crippen molar-refractivity contribution in [2.75, 3.05) is 0 Å². The van der Waals surface area contributed by atoms with E-state index in [9.17, 15) is 14.7 Å². The van der Waals surface area contributed by atoms with Crippen LogP contribution in [0.3, 0.4) is 0 Å². The van der Waals surface area contributed by atoms with Crippen molar-refractivity contribution in [1.29, 1.82) is 0 Å². The Hall–Kier alpha value is -2.48. The Labute approximate surface area is 125 Å². The molecule has 2 aromatic rings. The van der Waals surface area contributed by atoms with Gasteiger partial charge in [0.1, 0.15) is 11.6 Å². The lowest BCUT2D eigenvalue weighted by Gasteiger charge is -2.13. The van der Waals surface area contributed by atoms with Crippen LogP contribution in [0.25, 0.3) is 0 Å². The summed E-state index contributed by atoms with van der Waals surface area (Å²) in [6.45, 7) is 0. The number of hydrazone groups is 1. The minimum Gasteiger partial charge on any atom is -0.595 e. The van der Waals surface area contributed by atoms with Crippen molar-refractivity contribution in [2.24, 2.45) is 5.10 Å². The molecule has 0 amide bonds. The fourth-order valence-electron chi connectivity index (χ4n) is 2.45. The lowest BCUT2D eigenvalue weighted by atomic mass is 9.98. The minimum atomic E-state index is -1.08. The highest BCUT2D eigenvalue weighted by molar-refractivity contribution is 6.04. The molecule has 0 spiro atoms. The molecule has 0 radical (unpaired) electrons. The van der Waals surface area contributed by atoms with Crippen LogP contribution in [0.4, 0.5) is 10.1 Å². The van der Waals surface area contributed by atoms with Crippen molar-refractivity contribution in [3.05, 3.63) is 64.6 Å². The highest BCUT2D eigenvalue weighted by Crippen LogP contribution is 2.30. The summed E-state index contributed by atoms with van der Waals surface area (Å²) in [4.78, 5) is 0. The Morgan fingerprint density at radius 2 is 2.05 bits per heavy atom. The Morgan fingerprint density at radius 1 is 1.27 bits per heavy atom. The van der Waals surface area contributed by atoms with Gasteiger partial charge in [-0.05, 0) is 12.1 Å². The largest absolute Gasteiger partial charge is 0.595 e. The van der Waals surface area contributed by atoms with E-state index in [2.05, 4.69) is 10.5 Å². The van der Waals surface area contributed by atoms with Gasteiger partial charge in [-0.1, -0.05) is 18.2 Å². The molecule has 1 unspecified atom stereocenters. The molecule has 0 saturated heterocycles. The molecule has 0 aliphatic carbocycles. The van der Waals surface area contributed by atoms with E-state index < -0.39 is 5.23 Å². The predicted octanol–water partition coefficient (Wildman–Crippen LogP) is 1.37. The number of phenolic OH excluding ortho intramolecular Hbond substituents is 1. The fraction of sp³-hybridized carbons (Fsp3) is 0.133. The van der Waals surface area contributed by atoms with Crippen LogP contribution in [-0.2, 0) is 0 Å². The normalized spacial score (nSPS) is 18.7. The SMILES string of the molecule is [O-][NH+](O)c1ccc(O)c(C2=NN[C@@H](c3ccccc3F)C2)c1. The van der Waals surface area contributed by atoms with Gasteiger partial charge in [-0.15, -0.1) is 0 Å². The number of hydrogen-bond donors (Lipinski definition) is 4. The maximum Gasteiger partial charge on any atom is 0.164 e. The Bertz CT molecular complexity index is 734. The maximum atomic E-state index is 13.8. The van der Waals surface area contributed by atoms with E-state index in [1.54, 1.807) is 18.2 Å². The van der Waals surface area contributed by atoms with Gasteiger partial charge in [-0.2, -0.15) is 10.3 Å². The summed E-state index contributed by atoms with van der Waals surface area (Å²) in [5.41, 5.74) is 4.20. The van der Waals surface area contributed by atoms with Gasteiger partial charge >= 0.3 is 0 Å². The molecule has 2 aromatic carbocycles. The summed E-state index contributed by atoms with van der Waals surface area (Å²) in [7, 11) is 0. The number of halogens is 1. The summed E-state index contributed by atoms with van der Waals surface area (Å²) < 4.78 is 13.8. The fourth-order valence-corrected chi connectivity index (χ4v) is 2.45. The van der Waals surface area contributed by atoms with E-state index in [-0.39, 0.29) is 23.3 Å². The second-order valence-electron chi connectivity index (χ2n) is 5.00. The molecule has 114 valence electrons. The summed E-state index contributed by atoms with van der Waals surface area (Å²) in [5.74, 6) is -0.389. The Morgan fingerprint density at radius 3 is 2.77 bits per heavy atom. The zero-order valence-corrected chi connectivity index (χ0v) is 11.5. The van der Waals surface area contributed by atoms with Crippen molar-refractivity contribution in [3.63, 3.8) is 0 Å². The average molecular weight is 303 g/mol. The number of hydrogen-bond acceptors (Lipinski definition) is 5. The van der Waals surface area contributed by atoms with E-state index in [1.165, 1.54) is 24.3 Å². The molecule has 0 bridgehead atoms. The second kappa shape index (κ2) is 5.72. The predicted molar refractivity (Wildman–Crippen MR) is 77.3 cm³/mol. The van der Waals surface area contributed by atoms with Crippen LogP contribution in [0.1, 0.15) is 23.6 Å². The van der Waals surface area contributed by atoms with E-state index in [0.29, 0.717) is 23.3 Å². The van der Waals surface area contributed by atoms with Crippen molar-refractivity contribution in [2.45, 2.75) is 12.5 Å². The number of phenols is 1. The maximum absolute atomic E-state index is 13.8. The van der Waals surface area contributed by atoms with Crippen LogP contribution in [0.15, 0.2) is 47.6 Å². The van der Waals surface area contributed by atoms with Crippen LogP contribution in [0, 0.1) is 11.0 Å². The quantitative estimate of drug-likeness (QED) is 0.509. The first kappa shape index (κ1) is 14.5. The molecule has 2 atom stereocenters. The summed E-state index contributed by atoms with van der Waals surface area (Å²) in [6, 6.07) is 10.0. The number of nitrogens with one attached hydrogen (secondary N) is 2. The third-order valence-electron chi connectivity index (χ3n) is 3.59. The van der Waals surface area contributed by atoms with Gasteiger partial charge in [0, 0.05) is 29.7 Å². The van der Waals surface area contributed by atoms with Crippen LogP contribution >= 0.6 is 0 Å². The first-order valence-corrected chi connectivity index (χ1v) is 6.69. The monoisotopic (exact) mass is 303 g/mol. The van der Waals surface area contributed by atoms with Crippen molar-refractivity contribution < 1.29 is 19.9 Å². The van der Waals surface area contributed by atoms with E-state index in [1.807, 2.05) is 0 Å². The Kier molecular flexibility index (Phi) is 3.76. The van der Waals surface area contributed by atoms with E-state index in [0.717, 1.165) is 0 Å². The number of nitrogens with zero attached hydrogens (tertiary/aromatic N) is 1. The molecule has 6 nitrogen and oxygen atoms in total. The van der Waals surface area contributed by atoms with Gasteiger partial charge in [0.25, 0.3) is 0 Å². The van der Waals surface area contributed by atoms with E-state index >= 15 is 0 Å². The van der Waals surface area contributed by atoms with Gasteiger partial charge in [0.2, 0.25) is 0 Å². The lowest BCUT2D eigenvalue weighted by molar-refractivity contribution is -0.991. The molecule has 0 saturated carbocycles. The van der Waals surface area contributed by atoms with Crippen LogP contribution < -0.4 is 10.7 Å². The summed E-state index contributed by atoms with van der Waals surface area (Å²) in [5, 5.41) is 33.0. The zero-order chi connectivity index (χ0) is 15.7. The number of quaternary nitrogens is 1. The van der Waals surface area contributed by atoms with Gasteiger partial charge in [0.05, 0.1) is 11.8 Å². The van der Waals surface area contributed by atoms with Crippen molar-refractivity contribution in [3.8, 4) is 5.75 Å². The molecule has 3 rings (SSSR count). The second-order valence-corrected chi connectivity index (χ2v) is 5.00. The average Bonchev–Trinajstić information content (AvgIpc) is 2.97. The first-order valence-electron chi connectivity index (χ1n) is 6.69. The molecule has 0 aromatic heterocycles. The molecular formula is C15H14FN3O3. The highest BCUT2D eigenvalue weighted by atomic mass is 19.1. The van der Waals surface area contributed by atoms with E-state index in [4.69, 9.17) is 5.21 Å². The van der Waals surface area contributed by atoms with Gasteiger partial charge in [0.15, 0.2) is 5.69 Å². The first-order chi connectivity index (χ1) is 10.6. The lowest BCUT2D eigenvalue weighted by Crippen LogP contribution is -2.99. The minimum absolute atomic E-state index is 0.0558. The topological polar surface area (TPSA) is 92.4 Å². The van der Waals surface area contributed by atoms with Gasteiger partial charge in [-0.25, -0.2) is 9.60 Å². The standard InChI is InChI=1S/C15H14FN3O3/c16-12-4-2-1-3-10(12)13-8-14(18-17-13)11-7-9(19(21)22)5-6-15(11)20/h1-7,13,17,19-21H,8H2/t13-/m1/s1. The van der Waals surface area contributed by atoms with Gasteiger partial charge < -0.3 is 15.7 Å². The zero-order valence-electron chi connectivity index (χ0n) is 11.5. The molecule has 22 heavy (non-hydrogen) atoms. The highest BCUT2D eigenvalue weighted by Gasteiger charge is 2.25. The van der Waals surface area contributed by atoms with Crippen molar-refractivity contribution >= 4 is 11.4 Å². The molecule has 7 heteroatoms. The van der Waals surface area contributed by atoms with Crippen molar-refractivity contribution in [1.82, 2.24) is 5.43 Å². The van der Waals surface area contributed by atoms with Gasteiger partial charge in [-0.3, -0.25) is 0 Å². The molecular weight excluding hydrogens is 289 g/mol. The third-order valence-corrected chi connectivity index (χ3v) is 3.59. The molecule has 1 heterocycles. The van der Waals surface area contributed by atoms with Crippen LogP contribution in [-0.4, -0.2) is 16.0 Å². The number of benzene rings is 2. The molecule has 0 fully saturated rings. The molecule has 1 aliphatic heterocycles. The number of rotatable bonds is 3. The Balaban J connectivity index is 1.87. The third kappa shape index (κ3) is 2.64. The smallest absolute Gasteiger partial charge is 0.164 e. The summed E-state index contributed by atoms with van der Waals surface area (Å²) >= 11 is 0. The molecule has 4 N–H and O–H groups in total. The van der Waals surface area contributed by atoms with Crippen LogP contribution in [0.5, 0.6) is 5.75 Å².